The van der Waals surface area contributed by atoms with Gasteiger partial charge in [0.05, 0.1) is 6.20 Å². The number of carboxylic acid groups (broad SMARTS) is 1. The zero-order valence-electron chi connectivity index (χ0n) is 9.43. The van der Waals surface area contributed by atoms with Gasteiger partial charge in [-0.3, -0.25) is 9.59 Å². The molecular weight excluding hydrogens is 226 g/mol. The van der Waals surface area contributed by atoms with Gasteiger partial charge in [-0.25, -0.2) is 9.78 Å². The van der Waals surface area contributed by atoms with Crippen LogP contribution in [0.3, 0.4) is 0 Å². The van der Waals surface area contributed by atoms with E-state index >= 15 is 0 Å². The van der Waals surface area contributed by atoms with Crippen molar-refractivity contribution in [2.45, 2.75) is 19.9 Å². The van der Waals surface area contributed by atoms with E-state index in [0.29, 0.717) is 0 Å². The molecule has 0 aromatic carbocycles. The van der Waals surface area contributed by atoms with Crippen LogP contribution in [0.25, 0.3) is 0 Å². The molecule has 1 amide bonds. The minimum Gasteiger partial charge on any atom is -0.480 e. The summed E-state index contributed by atoms with van der Waals surface area (Å²) in [6.45, 7) is 3.36. The van der Waals surface area contributed by atoms with Crippen LogP contribution in [0, 0.1) is 5.92 Å². The standard InChI is InChI=1S/C10H13N3O4/c1-5(2)8(10(16)17)13-9(15)6-3-12-7(14)4-11-6/h3-5,8H,1-2H3,(H,12,14)(H,13,15)(H,16,17)/t8-/m1/s1. The Morgan fingerprint density at radius 3 is 2.53 bits per heavy atom. The highest BCUT2D eigenvalue weighted by atomic mass is 16.4. The van der Waals surface area contributed by atoms with E-state index < -0.39 is 23.5 Å². The second-order valence-electron chi connectivity index (χ2n) is 3.83. The number of hydrogen-bond donors (Lipinski definition) is 3. The van der Waals surface area contributed by atoms with Gasteiger partial charge in [0.2, 0.25) is 0 Å². The van der Waals surface area contributed by atoms with Crippen LogP contribution in [0.5, 0.6) is 0 Å². The van der Waals surface area contributed by atoms with Crippen LogP contribution in [0.15, 0.2) is 17.2 Å². The number of aromatic nitrogens is 2. The van der Waals surface area contributed by atoms with Gasteiger partial charge in [0.25, 0.3) is 11.5 Å². The molecule has 1 aromatic rings. The minimum atomic E-state index is -1.11. The monoisotopic (exact) mass is 239 g/mol. The maximum absolute atomic E-state index is 11.6. The molecule has 1 atom stereocenters. The molecule has 0 fully saturated rings. The number of hydrogen-bond acceptors (Lipinski definition) is 4. The summed E-state index contributed by atoms with van der Waals surface area (Å²) in [6, 6.07) is -0.990. The molecule has 0 aliphatic carbocycles. The molecule has 3 N–H and O–H groups in total. The number of rotatable bonds is 4. The first-order valence-corrected chi connectivity index (χ1v) is 5.00. The zero-order valence-corrected chi connectivity index (χ0v) is 9.43. The Morgan fingerprint density at radius 1 is 1.47 bits per heavy atom. The lowest BCUT2D eigenvalue weighted by atomic mass is 10.0. The quantitative estimate of drug-likeness (QED) is 0.662. The molecule has 0 spiro atoms. The van der Waals surface area contributed by atoms with Gasteiger partial charge >= 0.3 is 5.97 Å². The summed E-state index contributed by atoms with van der Waals surface area (Å²) in [5, 5.41) is 11.2. The van der Waals surface area contributed by atoms with Gasteiger partial charge in [0, 0.05) is 6.20 Å². The fourth-order valence-corrected chi connectivity index (χ4v) is 1.20. The lowest BCUT2D eigenvalue weighted by Gasteiger charge is -2.17. The SMILES string of the molecule is CC(C)[C@@H](NC(=O)c1c[nH]c(=O)cn1)C(=O)O. The van der Waals surface area contributed by atoms with Gasteiger partial charge in [-0.15, -0.1) is 0 Å². The zero-order chi connectivity index (χ0) is 13.0. The highest BCUT2D eigenvalue weighted by Crippen LogP contribution is 2.02. The van der Waals surface area contributed by atoms with Crippen molar-refractivity contribution >= 4 is 11.9 Å². The van der Waals surface area contributed by atoms with Crippen molar-refractivity contribution < 1.29 is 14.7 Å². The molecule has 0 saturated carbocycles. The van der Waals surface area contributed by atoms with E-state index in [0.717, 1.165) is 12.4 Å². The molecule has 0 saturated heterocycles. The van der Waals surface area contributed by atoms with Crippen LogP contribution in [0.2, 0.25) is 0 Å². The third-order valence-corrected chi connectivity index (χ3v) is 2.12. The Balaban J connectivity index is 2.81. The fraction of sp³-hybridized carbons (Fsp3) is 0.400. The van der Waals surface area contributed by atoms with Crippen LogP contribution in [0.4, 0.5) is 0 Å². The molecule has 7 heteroatoms. The molecule has 0 bridgehead atoms. The third-order valence-electron chi connectivity index (χ3n) is 2.12. The van der Waals surface area contributed by atoms with Crippen molar-refractivity contribution in [3.8, 4) is 0 Å². The third kappa shape index (κ3) is 3.40. The van der Waals surface area contributed by atoms with Gasteiger partial charge in [-0.2, -0.15) is 0 Å². The van der Waals surface area contributed by atoms with Crippen LogP contribution >= 0.6 is 0 Å². The predicted octanol–water partition coefficient (Wildman–Crippen LogP) is -0.391. The van der Waals surface area contributed by atoms with Crippen molar-refractivity contribution in [2.24, 2.45) is 5.92 Å². The summed E-state index contributed by atoms with van der Waals surface area (Å²) in [4.78, 5) is 39.1. The molecule has 0 aliphatic rings. The Hall–Kier alpha value is -2.18. The molecule has 0 unspecified atom stereocenters. The van der Waals surface area contributed by atoms with E-state index in [1.165, 1.54) is 0 Å². The van der Waals surface area contributed by atoms with Crippen molar-refractivity contribution in [1.29, 1.82) is 0 Å². The van der Waals surface area contributed by atoms with Crippen molar-refractivity contribution in [2.75, 3.05) is 0 Å². The highest BCUT2D eigenvalue weighted by molar-refractivity contribution is 5.94. The largest absolute Gasteiger partial charge is 0.480 e. The van der Waals surface area contributed by atoms with Gasteiger partial charge in [0.1, 0.15) is 11.7 Å². The van der Waals surface area contributed by atoms with E-state index in [1.54, 1.807) is 13.8 Å². The Kier molecular flexibility index (Phi) is 3.97. The normalized spacial score (nSPS) is 12.2. The number of nitrogens with one attached hydrogen (secondary N) is 2. The molecule has 1 rings (SSSR count). The first-order chi connectivity index (χ1) is 7.91. The molecule has 92 valence electrons. The van der Waals surface area contributed by atoms with E-state index in [9.17, 15) is 14.4 Å². The second kappa shape index (κ2) is 5.24. The predicted molar refractivity (Wildman–Crippen MR) is 58.6 cm³/mol. The Bertz CT molecular complexity index is 460. The number of aliphatic carboxylic acids is 1. The lowest BCUT2D eigenvalue weighted by Crippen LogP contribution is -2.44. The van der Waals surface area contributed by atoms with Gasteiger partial charge < -0.3 is 15.4 Å². The average Bonchev–Trinajstić information content (AvgIpc) is 2.25. The van der Waals surface area contributed by atoms with Crippen LogP contribution in [-0.4, -0.2) is 33.0 Å². The fourth-order valence-electron chi connectivity index (χ4n) is 1.20. The van der Waals surface area contributed by atoms with Crippen molar-refractivity contribution in [3.05, 3.63) is 28.4 Å². The molecule has 7 nitrogen and oxygen atoms in total. The van der Waals surface area contributed by atoms with Gasteiger partial charge in [0.15, 0.2) is 0 Å². The van der Waals surface area contributed by atoms with E-state index in [-0.39, 0.29) is 11.6 Å². The summed E-state index contributed by atoms with van der Waals surface area (Å²) < 4.78 is 0. The Labute approximate surface area is 96.9 Å². The number of nitrogens with zero attached hydrogens (tertiary/aromatic N) is 1. The van der Waals surface area contributed by atoms with E-state index in [1.807, 2.05) is 0 Å². The minimum absolute atomic E-state index is 0.0310. The number of carboxylic acids is 1. The maximum Gasteiger partial charge on any atom is 0.326 e. The van der Waals surface area contributed by atoms with Gasteiger partial charge in [-0.05, 0) is 5.92 Å². The first-order valence-electron chi connectivity index (χ1n) is 5.00. The molecule has 1 aromatic heterocycles. The summed E-state index contributed by atoms with van der Waals surface area (Å²) in [5.74, 6) is -2.00. The smallest absolute Gasteiger partial charge is 0.326 e. The molecule has 0 aliphatic heterocycles. The van der Waals surface area contributed by atoms with Crippen molar-refractivity contribution in [1.82, 2.24) is 15.3 Å². The molecular formula is C10H13N3O4. The van der Waals surface area contributed by atoms with Crippen LogP contribution in [-0.2, 0) is 4.79 Å². The number of H-pyrrole nitrogens is 1. The number of amides is 1. The Morgan fingerprint density at radius 2 is 2.12 bits per heavy atom. The van der Waals surface area contributed by atoms with Gasteiger partial charge in [-0.1, -0.05) is 13.8 Å². The first kappa shape index (κ1) is 12.9. The number of carbonyl (C=O) groups excluding carboxylic acids is 1. The summed E-state index contributed by atoms with van der Waals surface area (Å²) in [5.41, 5.74) is -0.461. The summed E-state index contributed by atoms with van der Waals surface area (Å²) >= 11 is 0. The number of aromatic amines is 1. The second-order valence-corrected chi connectivity index (χ2v) is 3.83. The molecule has 17 heavy (non-hydrogen) atoms. The van der Waals surface area contributed by atoms with Crippen molar-refractivity contribution in [3.63, 3.8) is 0 Å². The lowest BCUT2D eigenvalue weighted by molar-refractivity contribution is -0.140. The molecule has 0 radical (unpaired) electrons. The number of carbonyl (C=O) groups is 2. The molecule has 1 heterocycles. The summed E-state index contributed by atoms with van der Waals surface area (Å²) in [7, 11) is 0. The van der Waals surface area contributed by atoms with E-state index in [2.05, 4.69) is 15.3 Å². The summed E-state index contributed by atoms with van der Waals surface area (Å²) in [6.07, 6.45) is 2.09. The topological polar surface area (TPSA) is 112 Å². The van der Waals surface area contributed by atoms with Crippen LogP contribution in [0.1, 0.15) is 24.3 Å². The maximum atomic E-state index is 11.6. The van der Waals surface area contributed by atoms with Crippen LogP contribution < -0.4 is 10.9 Å². The average molecular weight is 239 g/mol. The highest BCUT2D eigenvalue weighted by Gasteiger charge is 2.24. The van der Waals surface area contributed by atoms with E-state index in [4.69, 9.17) is 5.11 Å².